The third-order valence-corrected chi connectivity index (χ3v) is 3.88. The maximum absolute atomic E-state index is 15.2. The second kappa shape index (κ2) is 9.85. The van der Waals surface area contributed by atoms with Crippen molar-refractivity contribution in [2.45, 2.75) is 38.5 Å². The van der Waals surface area contributed by atoms with E-state index in [4.69, 9.17) is 19.7 Å². The summed E-state index contributed by atoms with van der Waals surface area (Å²) in [5.74, 6) is -2.21. The average Bonchev–Trinajstić information content (AvgIpc) is 3.20. The van der Waals surface area contributed by atoms with E-state index in [0.717, 1.165) is 17.8 Å². The van der Waals surface area contributed by atoms with Gasteiger partial charge < -0.3 is 24.6 Å². The van der Waals surface area contributed by atoms with E-state index < -0.39 is 42.3 Å². The maximum Gasteiger partial charge on any atom is 0.329 e. The van der Waals surface area contributed by atoms with Crippen molar-refractivity contribution in [3.63, 3.8) is 0 Å². The minimum Gasteiger partial charge on any atom is -0.463 e. The van der Waals surface area contributed by atoms with Gasteiger partial charge in [0.1, 0.15) is 12.7 Å². The van der Waals surface area contributed by atoms with Crippen molar-refractivity contribution in [1.82, 2.24) is 14.5 Å². The second-order valence-corrected chi connectivity index (χ2v) is 6.53. The van der Waals surface area contributed by atoms with Gasteiger partial charge >= 0.3 is 18.2 Å². The zero-order valence-corrected chi connectivity index (χ0v) is 16.8. The summed E-state index contributed by atoms with van der Waals surface area (Å²) in [7, 11) is 3.35. The van der Waals surface area contributed by atoms with Crippen LogP contribution in [0.1, 0.15) is 30.6 Å². The summed E-state index contributed by atoms with van der Waals surface area (Å²) < 4.78 is 31.9. The average molecular weight is 424 g/mol. The molecule has 4 atom stereocenters. The number of rotatable bonds is 8. The number of carbonyl (C=O) groups is 3. The number of Topliss-reactive ketones (excluding diaryl/α,β-unsaturated/α-hetero) is 1. The number of alkyl halides is 1. The van der Waals surface area contributed by atoms with Crippen molar-refractivity contribution in [2.24, 2.45) is 4.99 Å². The van der Waals surface area contributed by atoms with Crippen LogP contribution < -0.4 is 0 Å². The second-order valence-electron chi connectivity index (χ2n) is 6.53. The number of ketones is 1. The van der Waals surface area contributed by atoms with Gasteiger partial charge in [-0.3, -0.25) is 19.0 Å². The fourth-order valence-electron chi connectivity index (χ4n) is 2.71. The monoisotopic (exact) mass is 424 g/mol. The summed E-state index contributed by atoms with van der Waals surface area (Å²) in [4.78, 5) is 46.9. The number of hydrogen-bond acceptors (Lipinski definition) is 8. The van der Waals surface area contributed by atoms with Gasteiger partial charge in [-0.1, -0.05) is 0 Å². The molecule has 0 aliphatic carbocycles. The molecule has 1 aliphatic rings. The van der Waals surface area contributed by atoms with E-state index in [1.54, 1.807) is 19.0 Å². The van der Waals surface area contributed by atoms with Crippen molar-refractivity contribution in [1.29, 1.82) is 0 Å². The van der Waals surface area contributed by atoms with Crippen LogP contribution in [0.25, 0.3) is 5.53 Å². The van der Waals surface area contributed by atoms with Gasteiger partial charge in [0, 0.05) is 27.9 Å². The van der Waals surface area contributed by atoms with Gasteiger partial charge in [-0.15, -0.1) is 0 Å². The first-order valence-electron chi connectivity index (χ1n) is 8.75. The molecule has 0 amide bonds. The van der Waals surface area contributed by atoms with Gasteiger partial charge in [0.05, 0.1) is 12.7 Å². The minimum absolute atomic E-state index is 0.0732. The zero-order chi connectivity index (χ0) is 22.4. The summed E-state index contributed by atoms with van der Waals surface area (Å²) in [6.07, 6.45) is -2.63. The van der Waals surface area contributed by atoms with Crippen molar-refractivity contribution >= 4 is 36.1 Å². The third kappa shape index (κ3) is 5.33. The molecule has 0 bridgehead atoms. The highest BCUT2D eigenvalue weighted by Gasteiger charge is 2.49. The van der Waals surface area contributed by atoms with E-state index in [9.17, 15) is 14.4 Å². The number of nitrogens with zero attached hydrogens (tertiary/aromatic N) is 6. The Kier molecular flexibility index (Phi) is 7.50. The Morgan fingerprint density at radius 3 is 2.67 bits per heavy atom. The molecule has 1 saturated heterocycles. The molecule has 0 unspecified atom stereocenters. The molecule has 1 fully saturated rings. The number of esters is 2. The third-order valence-electron chi connectivity index (χ3n) is 3.88. The van der Waals surface area contributed by atoms with Gasteiger partial charge in [-0.2, -0.15) is 4.79 Å². The molecule has 0 N–H and O–H groups in total. The standard InChI is InChI=1S/C17H21FN6O6/c1-9(25)28-6-12-15(29-10(2)26)13(18)17(30-12)24-8-20-14(11(27)5-22-19)16(24)21-7-23(3)4/h5,7-8,12-13,15,17H,6H2,1-4H3/t12-,13-,15-,17-/m1/s1. The van der Waals surface area contributed by atoms with Crippen LogP contribution in [0, 0.1) is 0 Å². The fourth-order valence-corrected chi connectivity index (χ4v) is 2.71. The Morgan fingerprint density at radius 1 is 1.40 bits per heavy atom. The molecule has 2 rings (SSSR count). The largest absolute Gasteiger partial charge is 0.463 e. The molecule has 1 aliphatic heterocycles. The highest BCUT2D eigenvalue weighted by molar-refractivity contribution is 6.34. The van der Waals surface area contributed by atoms with Crippen LogP contribution in [0.15, 0.2) is 11.3 Å². The number of hydrogen-bond donors (Lipinski definition) is 0. The first kappa shape index (κ1) is 22.8. The molecule has 0 saturated carbocycles. The molecule has 30 heavy (non-hydrogen) atoms. The highest BCUT2D eigenvalue weighted by atomic mass is 19.1. The molecule has 12 nitrogen and oxygen atoms in total. The lowest BCUT2D eigenvalue weighted by atomic mass is 10.1. The van der Waals surface area contributed by atoms with Crippen LogP contribution in [0.5, 0.6) is 0 Å². The molecule has 13 heteroatoms. The van der Waals surface area contributed by atoms with Gasteiger partial charge in [-0.05, 0) is 0 Å². The summed E-state index contributed by atoms with van der Waals surface area (Å²) >= 11 is 0. The Bertz CT molecular complexity index is 893. The van der Waals surface area contributed by atoms with Crippen LogP contribution in [0.4, 0.5) is 10.2 Å². The predicted octanol–water partition coefficient (Wildman–Crippen LogP) is 0.318. The van der Waals surface area contributed by atoms with Gasteiger partial charge in [-0.25, -0.2) is 14.4 Å². The Balaban J connectivity index is 2.45. The Hall–Kier alpha value is -3.44. The number of carbonyl (C=O) groups excluding carboxylic acids is 3. The van der Waals surface area contributed by atoms with E-state index >= 15 is 4.39 Å². The molecule has 2 heterocycles. The lowest BCUT2D eigenvalue weighted by Crippen LogP contribution is -2.36. The number of imidazole rings is 1. The zero-order valence-electron chi connectivity index (χ0n) is 16.8. The first-order chi connectivity index (χ1) is 14.1. The van der Waals surface area contributed by atoms with Crippen LogP contribution in [0.3, 0.4) is 0 Å². The molecule has 1 aromatic rings. The van der Waals surface area contributed by atoms with E-state index in [2.05, 4.69) is 14.8 Å². The number of aliphatic imine (C=N–C) groups is 1. The van der Waals surface area contributed by atoms with Crippen molar-refractivity contribution in [3.8, 4) is 0 Å². The fraction of sp³-hybridized carbons (Fsp3) is 0.529. The summed E-state index contributed by atoms with van der Waals surface area (Å²) in [6.45, 7) is 1.93. The normalized spacial score (nSPS) is 23.1. The number of ether oxygens (including phenoxy) is 3. The topological polar surface area (TPSA) is 149 Å². The van der Waals surface area contributed by atoms with Crippen LogP contribution in [0.2, 0.25) is 0 Å². The predicted molar refractivity (Wildman–Crippen MR) is 99.1 cm³/mol. The highest BCUT2D eigenvalue weighted by Crippen LogP contribution is 2.37. The van der Waals surface area contributed by atoms with Gasteiger partial charge in [0.2, 0.25) is 0 Å². The lowest BCUT2D eigenvalue weighted by Gasteiger charge is -2.18. The molecule has 0 spiro atoms. The number of halogens is 1. The van der Waals surface area contributed by atoms with Crippen molar-refractivity contribution in [2.75, 3.05) is 20.7 Å². The first-order valence-corrected chi connectivity index (χ1v) is 8.75. The molecule has 0 aromatic carbocycles. The molecule has 1 aromatic heterocycles. The van der Waals surface area contributed by atoms with E-state index in [1.165, 1.54) is 13.3 Å². The molecular formula is C17H21FN6O6. The van der Waals surface area contributed by atoms with Crippen LogP contribution >= 0.6 is 0 Å². The molecule has 0 radical (unpaired) electrons. The Labute approximate surface area is 170 Å². The lowest BCUT2D eigenvalue weighted by molar-refractivity contribution is -0.156. The van der Waals surface area contributed by atoms with Crippen molar-refractivity contribution in [3.05, 3.63) is 17.6 Å². The Morgan fingerprint density at radius 2 is 2.10 bits per heavy atom. The SMILES string of the molecule is CC(=O)OC[C@H]1O[C@@H](n2cnc(C(=O)C=[N+]=[N-])c2N=CN(C)C)[C@H](F)[C@@H]1OC(C)=O. The van der Waals surface area contributed by atoms with Gasteiger partial charge in [0.25, 0.3) is 5.78 Å². The number of aromatic nitrogens is 2. The van der Waals surface area contributed by atoms with Gasteiger partial charge in [0.15, 0.2) is 30.0 Å². The smallest absolute Gasteiger partial charge is 0.329 e. The minimum atomic E-state index is -1.88. The van der Waals surface area contributed by atoms with Crippen molar-refractivity contribution < 1.29 is 37.8 Å². The molecular weight excluding hydrogens is 403 g/mol. The molecule has 162 valence electrons. The summed E-state index contributed by atoms with van der Waals surface area (Å²) in [5, 5.41) is 0. The maximum atomic E-state index is 15.2. The summed E-state index contributed by atoms with van der Waals surface area (Å²) in [6, 6.07) is 0. The van der Waals surface area contributed by atoms with Crippen LogP contribution in [-0.2, 0) is 23.8 Å². The van der Waals surface area contributed by atoms with E-state index in [-0.39, 0.29) is 18.1 Å². The van der Waals surface area contributed by atoms with E-state index in [1.807, 2.05) is 0 Å². The quantitative estimate of drug-likeness (QED) is 0.145. The van der Waals surface area contributed by atoms with E-state index in [0.29, 0.717) is 6.21 Å². The summed E-state index contributed by atoms with van der Waals surface area (Å²) in [5.41, 5.74) is 8.40. The van der Waals surface area contributed by atoms with Crippen LogP contribution in [-0.4, -0.2) is 88.6 Å².